The summed E-state index contributed by atoms with van der Waals surface area (Å²) in [6, 6.07) is 7.63. The molecule has 2 rings (SSSR count). The summed E-state index contributed by atoms with van der Waals surface area (Å²) in [6.07, 6.45) is -4.53. The molecule has 0 saturated heterocycles. The third-order valence-electron chi connectivity index (χ3n) is 2.92. The van der Waals surface area contributed by atoms with Crippen molar-refractivity contribution in [3.8, 4) is 0 Å². The SMILES string of the molecule is NC(c1ccccc1C(F)(F)F)c1cccc(F)c1Cl. The highest BCUT2D eigenvalue weighted by Crippen LogP contribution is 2.37. The normalized spacial score (nSPS) is 13.3. The van der Waals surface area contributed by atoms with Crippen molar-refractivity contribution < 1.29 is 17.6 Å². The number of halogens is 5. The molecule has 1 nitrogen and oxygen atoms in total. The van der Waals surface area contributed by atoms with Crippen LogP contribution in [0.3, 0.4) is 0 Å². The molecule has 0 aromatic heterocycles. The molecular formula is C14H10ClF4N. The predicted molar refractivity (Wildman–Crippen MR) is 68.9 cm³/mol. The Hall–Kier alpha value is -1.59. The average molecular weight is 304 g/mol. The quantitative estimate of drug-likeness (QED) is 0.810. The number of benzene rings is 2. The van der Waals surface area contributed by atoms with Crippen molar-refractivity contribution in [2.24, 2.45) is 5.73 Å². The first kappa shape index (κ1) is 14.8. The van der Waals surface area contributed by atoms with E-state index in [1.54, 1.807) is 0 Å². The van der Waals surface area contributed by atoms with Gasteiger partial charge in [0.05, 0.1) is 16.6 Å². The maximum absolute atomic E-state index is 13.4. The van der Waals surface area contributed by atoms with E-state index in [1.807, 2.05) is 0 Å². The van der Waals surface area contributed by atoms with Gasteiger partial charge in [-0.05, 0) is 23.3 Å². The average Bonchev–Trinajstić information content (AvgIpc) is 2.40. The van der Waals surface area contributed by atoms with Crippen molar-refractivity contribution in [1.82, 2.24) is 0 Å². The number of rotatable bonds is 2. The summed E-state index contributed by atoms with van der Waals surface area (Å²) in [7, 11) is 0. The Labute approximate surface area is 118 Å². The predicted octanol–water partition coefficient (Wildman–Crippen LogP) is 4.55. The largest absolute Gasteiger partial charge is 0.416 e. The molecule has 0 amide bonds. The van der Waals surface area contributed by atoms with Gasteiger partial charge >= 0.3 is 6.18 Å². The first-order valence-corrected chi connectivity index (χ1v) is 6.05. The molecule has 0 aliphatic heterocycles. The van der Waals surface area contributed by atoms with Crippen LogP contribution >= 0.6 is 11.6 Å². The minimum Gasteiger partial charge on any atom is -0.320 e. The van der Waals surface area contributed by atoms with Crippen LogP contribution in [0.1, 0.15) is 22.7 Å². The second-order valence-corrected chi connectivity index (χ2v) is 4.58. The molecule has 2 N–H and O–H groups in total. The summed E-state index contributed by atoms with van der Waals surface area (Å²) in [6.45, 7) is 0. The first-order valence-electron chi connectivity index (χ1n) is 5.68. The Morgan fingerprint density at radius 3 is 2.20 bits per heavy atom. The van der Waals surface area contributed by atoms with Crippen molar-refractivity contribution in [3.05, 3.63) is 70.0 Å². The van der Waals surface area contributed by atoms with Crippen LogP contribution in [0.2, 0.25) is 5.02 Å². The van der Waals surface area contributed by atoms with Gasteiger partial charge in [0.15, 0.2) is 0 Å². The molecule has 2 aromatic carbocycles. The molecule has 6 heteroatoms. The molecule has 1 atom stereocenters. The van der Waals surface area contributed by atoms with Crippen LogP contribution < -0.4 is 5.73 Å². The standard InChI is InChI=1S/C14H10ClF4N/c15-12-9(5-3-7-11(12)16)13(20)8-4-1-2-6-10(8)14(17,18)19/h1-7,13H,20H2. The van der Waals surface area contributed by atoms with Gasteiger partial charge in [0.25, 0.3) is 0 Å². The summed E-state index contributed by atoms with van der Waals surface area (Å²) in [5.41, 5.74) is 4.95. The van der Waals surface area contributed by atoms with Crippen molar-refractivity contribution in [3.63, 3.8) is 0 Å². The molecule has 0 aliphatic rings. The van der Waals surface area contributed by atoms with Crippen LogP contribution in [-0.4, -0.2) is 0 Å². The molecule has 0 fully saturated rings. The van der Waals surface area contributed by atoms with Gasteiger partial charge in [0.2, 0.25) is 0 Å². The Morgan fingerprint density at radius 1 is 0.950 bits per heavy atom. The minimum atomic E-state index is -4.53. The maximum Gasteiger partial charge on any atom is 0.416 e. The summed E-state index contributed by atoms with van der Waals surface area (Å²) >= 11 is 5.77. The highest BCUT2D eigenvalue weighted by atomic mass is 35.5. The topological polar surface area (TPSA) is 26.0 Å². The fourth-order valence-electron chi connectivity index (χ4n) is 1.95. The molecule has 0 saturated carbocycles. The molecule has 1 unspecified atom stereocenters. The summed E-state index contributed by atoms with van der Waals surface area (Å²) in [4.78, 5) is 0. The van der Waals surface area contributed by atoms with Gasteiger partial charge in [0, 0.05) is 0 Å². The highest BCUT2D eigenvalue weighted by molar-refractivity contribution is 6.31. The molecule has 0 heterocycles. The van der Waals surface area contributed by atoms with E-state index in [0.717, 1.165) is 12.1 Å². The van der Waals surface area contributed by atoms with Gasteiger partial charge in [-0.2, -0.15) is 13.2 Å². The van der Waals surface area contributed by atoms with Gasteiger partial charge < -0.3 is 5.73 Å². The van der Waals surface area contributed by atoms with Crippen LogP contribution in [0.4, 0.5) is 17.6 Å². The number of nitrogens with two attached hydrogens (primary N) is 1. The first-order chi connectivity index (χ1) is 9.32. The van der Waals surface area contributed by atoms with E-state index in [1.165, 1.54) is 30.3 Å². The number of hydrogen-bond donors (Lipinski definition) is 1. The molecule has 2 aromatic rings. The maximum atomic E-state index is 13.4. The lowest BCUT2D eigenvalue weighted by atomic mass is 9.95. The lowest BCUT2D eigenvalue weighted by Gasteiger charge is -2.19. The van der Waals surface area contributed by atoms with E-state index < -0.39 is 23.6 Å². The third kappa shape index (κ3) is 2.78. The molecule has 0 bridgehead atoms. The number of hydrogen-bond acceptors (Lipinski definition) is 1. The zero-order chi connectivity index (χ0) is 14.9. The molecule has 0 aliphatic carbocycles. The lowest BCUT2D eigenvalue weighted by molar-refractivity contribution is -0.138. The van der Waals surface area contributed by atoms with Crippen molar-refractivity contribution in [2.45, 2.75) is 12.2 Å². The van der Waals surface area contributed by atoms with Crippen LogP contribution in [-0.2, 0) is 6.18 Å². The third-order valence-corrected chi connectivity index (χ3v) is 3.32. The van der Waals surface area contributed by atoms with Crippen LogP contribution in [0.15, 0.2) is 42.5 Å². The number of alkyl halides is 3. The van der Waals surface area contributed by atoms with Crippen LogP contribution in [0.5, 0.6) is 0 Å². The van der Waals surface area contributed by atoms with Gasteiger partial charge in [0.1, 0.15) is 5.82 Å². The second-order valence-electron chi connectivity index (χ2n) is 4.21. The van der Waals surface area contributed by atoms with Crippen LogP contribution in [0, 0.1) is 5.82 Å². The van der Waals surface area contributed by atoms with E-state index in [0.29, 0.717) is 0 Å². The van der Waals surface area contributed by atoms with Gasteiger partial charge in [-0.15, -0.1) is 0 Å². The lowest BCUT2D eigenvalue weighted by Crippen LogP contribution is -2.19. The van der Waals surface area contributed by atoms with Gasteiger partial charge in [-0.25, -0.2) is 4.39 Å². The Kier molecular flexibility index (Phi) is 4.01. The molecule has 0 spiro atoms. The van der Waals surface area contributed by atoms with Gasteiger partial charge in [-0.3, -0.25) is 0 Å². The Balaban J connectivity index is 2.55. The Morgan fingerprint density at radius 2 is 1.55 bits per heavy atom. The summed E-state index contributed by atoms with van der Waals surface area (Å²) in [5.74, 6) is -0.718. The fraction of sp³-hybridized carbons (Fsp3) is 0.143. The van der Waals surface area contributed by atoms with E-state index >= 15 is 0 Å². The Bertz CT molecular complexity index is 625. The zero-order valence-corrected chi connectivity index (χ0v) is 10.8. The van der Waals surface area contributed by atoms with E-state index in [4.69, 9.17) is 17.3 Å². The second kappa shape index (κ2) is 5.42. The molecule has 0 radical (unpaired) electrons. The van der Waals surface area contributed by atoms with E-state index in [9.17, 15) is 17.6 Å². The van der Waals surface area contributed by atoms with Crippen molar-refractivity contribution in [1.29, 1.82) is 0 Å². The zero-order valence-electron chi connectivity index (χ0n) is 10.1. The van der Waals surface area contributed by atoms with Gasteiger partial charge in [-0.1, -0.05) is 41.9 Å². The minimum absolute atomic E-state index is 0.114. The molecule has 20 heavy (non-hydrogen) atoms. The highest BCUT2D eigenvalue weighted by Gasteiger charge is 2.34. The summed E-state index contributed by atoms with van der Waals surface area (Å²) in [5, 5.41) is -0.267. The van der Waals surface area contributed by atoms with Crippen LogP contribution in [0.25, 0.3) is 0 Å². The fourth-order valence-corrected chi connectivity index (χ4v) is 2.20. The molecule has 106 valence electrons. The van der Waals surface area contributed by atoms with E-state index in [-0.39, 0.29) is 16.1 Å². The summed E-state index contributed by atoms with van der Waals surface area (Å²) < 4.78 is 52.2. The smallest absolute Gasteiger partial charge is 0.320 e. The van der Waals surface area contributed by atoms with E-state index in [2.05, 4.69) is 0 Å². The van der Waals surface area contributed by atoms with Crippen molar-refractivity contribution in [2.75, 3.05) is 0 Å². The molecular weight excluding hydrogens is 294 g/mol. The monoisotopic (exact) mass is 303 g/mol. The van der Waals surface area contributed by atoms with Crippen molar-refractivity contribution >= 4 is 11.6 Å².